The third-order valence-electron chi connectivity index (χ3n) is 4.32. The van der Waals surface area contributed by atoms with Crippen LogP contribution in [0, 0.1) is 6.92 Å². The summed E-state index contributed by atoms with van der Waals surface area (Å²) in [7, 11) is 0. The van der Waals surface area contributed by atoms with E-state index in [-0.39, 0.29) is 5.78 Å². The third kappa shape index (κ3) is 3.36. The Hall–Kier alpha value is -2.62. The van der Waals surface area contributed by atoms with Crippen LogP contribution in [0.4, 0.5) is 24.8 Å². The van der Waals surface area contributed by atoms with Gasteiger partial charge in [-0.25, -0.2) is 9.97 Å². The van der Waals surface area contributed by atoms with E-state index < -0.39 is 12.0 Å². The molecule has 1 fully saturated rings. The molecule has 4 rings (SSSR count). The van der Waals surface area contributed by atoms with E-state index in [2.05, 4.69) is 20.1 Å². The number of pyridine rings is 1. The number of aromatic nitrogens is 5. The number of halogens is 4. The van der Waals surface area contributed by atoms with E-state index in [0.29, 0.717) is 48.5 Å². The van der Waals surface area contributed by atoms with Gasteiger partial charge in [-0.1, -0.05) is 11.6 Å². The summed E-state index contributed by atoms with van der Waals surface area (Å²) in [5.74, 6) is -0.0180. The average Bonchev–Trinajstić information content (AvgIpc) is 3.06. The minimum atomic E-state index is -4.62. The lowest BCUT2D eigenvalue weighted by molar-refractivity contribution is -0.144. The van der Waals surface area contributed by atoms with Gasteiger partial charge in [-0.2, -0.15) is 22.7 Å². The van der Waals surface area contributed by atoms with Crippen LogP contribution in [0.15, 0.2) is 24.4 Å². The van der Waals surface area contributed by atoms with Gasteiger partial charge in [0.15, 0.2) is 0 Å². The van der Waals surface area contributed by atoms with Crippen LogP contribution in [-0.4, -0.2) is 50.7 Å². The second-order valence-electron chi connectivity index (χ2n) is 6.18. The molecule has 0 bridgehead atoms. The van der Waals surface area contributed by atoms with Crippen molar-refractivity contribution in [1.29, 1.82) is 0 Å². The van der Waals surface area contributed by atoms with Gasteiger partial charge in [-0.15, -0.1) is 5.10 Å². The van der Waals surface area contributed by atoms with Crippen LogP contribution in [0.2, 0.25) is 5.02 Å². The number of fused-ring (bicyclic) bond motifs is 1. The van der Waals surface area contributed by atoms with Gasteiger partial charge in [-0.05, 0) is 19.1 Å². The number of hydrogen-bond acceptors (Lipinski definition) is 6. The van der Waals surface area contributed by atoms with Crippen LogP contribution < -0.4 is 9.80 Å². The molecule has 1 aliphatic rings. The predicted molar refractivity (Wildman–Crippen MR) is 94.2 cm³/mol. The molecule has 7 nitrogen and oxygen atoms in total. The summed E-state index contributed by atoms with van der Waals surface area (Å²) < 4.78 is 40.1. The highest BCUT2D eigenvalue weighted by molar-refractivity contribution is 6.32. The summed E-state index contributed by atoms with van der Waals surface area (Å²) >= 11 is 6.20. The van der Waals surface area contributed by atoms with Gasteiger partial charge in [0.05, 0.1) is 5.02 Å². The minimum Gasteiger partial charge on any atom is -0.353 e. The number of hydrogen-bond donors (Lipinski definition) is 0. The number of nitrogens with zero attached hydrogens (tertiary/aromatic N) is 7. The number of aryl methyl sites for hydroxylation is 1. The van der Waals surface area contributed by atoms with Crippen molar-refractivity contribution in [3.8, 4) is 0 Å². The fourth-order valence-corrected chi connectivity index (χ4v) is 3.31. The number of alkyl halides is 3. The van der Waals surface area contributed by atoms with Crippen molar-refractivity contribution in [3.63, 3.8) is 0 Å². The smallest absolute Gasteiger partial charge is 0.353 e. The fourth-order valence-electron chi connectivity index (χ4n) is 3.07. The Morgan fingerprint density at radius 2 is 1.78 bits per heavy atom. The van der Waals surface area contributed by atoms with Crippen molar-refractivity contribution >= 4 is 29.0 Å². The zero-order valence-corrected chi connectivity index (χ0v) is 15.0. The van der Waals surface area contributed by atoms with Crippen molar-refractivity contribution in [1.82, 2.24) is 24.6 Å². The fraction of sp³-hybridized carbons (Fsp3) is 0.375. The van der Waals surface area contributed by atoms with Crippen molar-refractivity contribution in [2.75, 3.05) is 36.0 Å². The van der Waals surface area contributed by atoms with Gasteiger partial charge in [0.25, 0.3) is 11.6 Å². The molecule has 0 aliphatic carbocycles. The molecule has 0 spiro atoms. The van der Waals surface area contributed by atoms with Gasteiger partial charge in [0.1, 0.15) is 11.6 Å². The van der Waals surface area contributed by atoms with Gasteiger partial charge >= 0.3 is 6.18 Å². The first-order chi connectivity index (χ1) is 12.8. The standard InChI is InChI=1S/C16H15ClF3N7/c1-10-9-12(27-15(22-10)23-14(24-27)16(18,19)20)25-5-7-26(8-6-25)13-11(17)3-2-4-21-13/h2-4,9H,5-8H2,1H3. The van der Waals surface area contributed by atoms with E-state index >= 15 is 0 Å². The molecule has 0 N–H and O–H groups in total. The number of piperazine rings is 1. The molecular formula is C16H15ClF3N7. The Balaban J connectivity index is 1.62. The monoisotopic (exact) mass is 397 g/mol. The molecule has 0 atom stereocenters. The largest absolute Gasteiger partial charge is 0.453 e. The van der Waals surface area contributed by atoms with Crippen molar-refractivity contribution in [3.05, 3.63) is 40.9 Å². The Labute approximate surface area is 157 Å². The first-order valence-electron chi connectivity index (χ1n) is 8.25. The predicted octanol–water partition coefficient (Wildman–Crippen LogP) is 2.83. The molecule has 0 unspecified atom stereocenters. The van der Waals surface area contributed by atoms with E-state index in [1.807, 2.05) is 9.80 Å². The van der Waals surface area contributed by atoms with Crippen LogP contribution in [0.3, 0.4) is 0 Å². The van der Waals surface area contributed by atoms with E-state index in [9.17, 15) is 13.2 Å². The maximum Gasteiger partial charge on any atom is 0.453 e. The Morgan fingerprint density at radius 3 is 2.44 bits per heavy atom. The van der Waals surface area contributed by atoms with E-state index in [1.165, 1.54) is 0 Å². The molecule has 1 saturated heterocycles. The Kier molecular flexibility index (Phi) is 4.29. The van der Waals surface area contributed by atoms with Crippen LogP contribution in [0.5, 0.6) is 0 Å². The van der Waals surface area contributed by atoms with Crippen LogP contribution in [-0.2, 0) is 6.18 Å². The van der Waals surface area contributed by atoms with Gasteiger partial charge < -0.3 is 9.80 Å². The highest BCUT2D eigenvalue weighted by atomic mass is 35.5. The van der Waals surface area contributed by atoms with E-state index in [0.717, 1.165) is 4.52 Å². The first-order valence-corrected chi connectivity index (χ1v) is 8.63. The van der Waals surface area contributed by atoms with Gasteiger partial charge in [-0.3, -0.25) is 0 Å². The zero-order valence-electron chi connectivity index (χ0n) is 14.3. The Bertz CT molecular complexity index is 980. The second kappa shape index (κ2) is 6.52. The summed E-state index contributed by atoms with van der Waals surface area (Å²) in [5, 5.41) is 4.19. The normalized spacial score (nSPS) is 15.6. The van der Waals surface area contributed by atoms with Crippen molar-refractivity contribution in [2.45, 2.75) is 13.1 Å². The van der Waals surface area contributed by atoms with Crippen molar-refractivity contribution < 1.29 is 13.2 Å². The Morgan fingerprint density at radius 1 is 1.07 bits per heavy atom. The molecule has 0 saturated carbocycles. The summed E-state index contributed by atoms with van der Waals surface area (Å²) in [5.41, 5.74) is 0.578. The van der Waals surface area contributed by atoms with E-state index in [4.69, 9.17) is 11.6 Å². The molecule has 3 aromatic heterocycles. The van der Waals surface area contributed by atoms with Crippen molar-refractivity contribution in [2.24, 2.45) is 0 Å². The molecule has 11 heteroatoms. The lowest BCUT2D eigenvalue weighted by atomic mass is 10.3. The molecular weight excluding hydrogens is 383 g/mol. The SMILES string of the molecule is Cc1cc(N2CCN(c3ncccc3Cl)CC2)n2nc(C(F)(F)F)nc2n1. The molecule has 3 aromatic rings. The maximum absolute atomic E-state index is 13.0. The summed E-state index contributed by atoms with van der Waals surface area (Å²) in [6.07, 6.45) is -2.94. The maximum atomic E-state index is 13.0. The van der Waals surface area contributed by atoms with Gasteiger partial charge in [0.2, 0.25) is 0 Å². The molecule has 0 aromatic carbocycles. The summed E-state index contributed by atoms with van der Waals surface area (Å²) in [6, 6.07) is 5.26. The second-order valence-corrected chi connectivity index (χ2v) is 6.59. The molecule has 142 valence electrons. The van der Waals surface area contributed by atoms with Crippen LogP contribution >= 0.6 is 11.6 Å². The molecule has 4 heterocycles. The zero-order chi connectivity index (χ0) is 19.2. The summed E-state index contributed by atoms with van der Waals surface area (Å²) in [4.78, 5) is 15.9. The molecule has 1 aliphatic heterocycles. The number of rotatable bonds is 2. The van der Waals surface area contributed by atoms with Crippen LogP contribution in [0.1, 0.15) is 11.5 Å². The summed E-state index contributed by atoms with van der Waals surface area (Å²) in [6.45, 7) is 4.12. The minimum absolute atomic E-state index is 0.0625. The lowest BCUT2D eigenvalue weighted by Gasteiger charge is -2.36. The highest BCUT2D eigenvalue weighted by Crippen LogP contribution is 2.29. The average molecular weight is 398 g/mol. The lowest BCUT2D eigenvalue weighted by Crippen LogP contribution is -2.47. The third-order valence-corrected chi connectivity index (χ3v) is 4.61. The number of anilines is 2. The quantitative estimate of drug-likeness (QED) is 0.662. The van der Waals surface area contributed by atoms with Crippen LogP contribution in [0.25, 0.3) is 5.78 Å². The molecule has 27 heavy (non-hydrogen) atoms. The van der Waals surface area contributed by atoms with Gasteiger partial charge in [0, 0.05) is 44.1 Å². The van der Waals surface area contributed by atoms with E-state index in [1.54, 1.807) is 31.3 Å². The first kappa shape index (κ1) is 17.8. The highest BCUT2D eigenvalue weighted by Gasteiger charge is 2.37. The molecule has 0 amide bonds. The topological polar surface area (TPSA) is 62.5 Å². The molecule has 0 radical (unpaired) electrons.